The molecule has 7 nitrogen and oxygen atoms in total. The summed E-state index contributed by atoms with van der Waals surface area (Å²) in [6.45, 7) is 2.53. The van der Waals surface area contributed by atoms with Crippen molar-refractivity contribution >= 4 is 23.7 Å². The van der Waals surface area contributed by atoms with Crippen LogP contribution in [0.3, 0.4) is 0 Å². The topological polar surface area (TPSA) is 87.2 Å². The highest BCUT2D eigenvalue weighted by Gasteiger charge is 2.53. The molecule has 4 aliphatic rings. The minimum absolute atomic E-state index is 0.0355. The predicted molar refractivity (Wildman–Crippen MR) is 150 cm³/mol. The first kappa shape index (κ1) is 26.0. The summed E-state index contributed by atoms with van der Waals surface area (Å²) in [7, 11) is 0. The van der Waals surface area contributed by atoms with E-state index in [9.17, 15) is 18.4 Å². The first-order valence-corrected chi connectivity index (χ1v) is 14.2. The number of nitrogens with one attached hydrogen (secondary N) is 2. The summed E-state index contributed by atoms with van der Waals surface area (Å²) in [5.74, 6) is -0.797. The van der Waals surface area contributed by atoms with Crippen molar-refractivity contribution in [1.29, 1.82) is 0 Å². The third-order valence-electron chi connectivity index (χ3n) is 9.59. The van der Waals surface area contributed by atoms with E-state index in [1.54, 1.807) is 17.3 Å². The standard InChI is InChI=1S/C32H31F2N5O2/c1-30(22-13-23(33)15-24(34)14-22)19-37-32(8-2-3-9-32)29(41)39(30)11-5-6-20-12-21-16-31(17-26(21)36-18-20)25-7-4-10-35-27(25)38-28(31)40/h4-7,10,12-15,18,37H,2-3,8-9,11,16-17,19H2,1H3,(H,35,38,40)/b6-5+/t30-,31-/m0/s1. The van der Waals surface area contributed by atoms with Crippen LogP contribution < -0.4 is 10.6 Å². The van der Waals surface area contributed by atoms with Gasteiger partial charge in [0.1, 0.15) is 17.5 Å². The highest BCUT2D eigenvalue weighted by atomic mass is 19.1. The molecule has 1 aromatic carbocycles. The number of aromatic nitrogens is 2. The number of hydrogen-bond acceptors (Lipinski definition) is 5. The van der Waals surface area contributed by atoms with E-state index in [2.05, 4.69) is 21.7 Å². The number of hydrogen-bond donors (Lipinski definition) is 2. The smallest absolute Gasteiger partial charge is 0.243 e. The van der Waals surface area contributed by atoms with Crippen LogP contribution in [0.25, 0.3) is 6.08 Å². The summed E-state index contributed by atoms with van der Waals surface area (Å²) in [4.78, 5) is 37.8. The van der Waals surface area contributed by atoms with E-state index in [0.29, 0.717) is 30.8 Å². The predicted octanol–water partition coefficient (Wildman–Crippen LogP) is 4.42. The number of halogens is 2. The molecule has 2 aromatic heterocycles. The fourth-order valence-electron chi connectivity index (χ4n) is 7.29. The Morgan fingerprint density at radius 1 is 1.05 bits per heavy atom. The number of rotatable bonds is 4. The minimum atomic E-state index is -0.933. The maximum atomic E-state index is 14.3. The van der Waals surface area contributed by atoms with Gasteiger partial charge in [-0.15, -0.1) is 0 Å². The average molecular weight is 556 g/mol. The van der Waals surface area contributed by atoms with E-state index in [1.165, 1.54) is 12.1 Å². The van der Waals surface area contributed by atoms with Gasteiger partial charge in [0.15, 0.2) is 0 Å². The van der Waals surface area contributed by atoms with Crippen molar-refractivity contribution in [2.75, 3.05) is 18.4 Å². The maximum Gasteiger partial charge on any atom is 0.243 e. The maximum absolute atomic E-state index is 14.3. The van der Waals surface area contributed by atoms with Crippen molar-refractivity contribution in [2.24, 2.45) is 0 Å². The zero-order valence-electron chi connectivity index (χ0n) is 22.8. The van der Waals surface area contributed by atoms with Gasteiger partial charge in [0.05, 0.1) is 16.5 Å². The molecule has 2 fully saturated rings. The van der Waals surface area contributed by atoms with Gasteiger partial charge in [-0.25, -0.2) is 13.8 Å². The van der Waals surface area contributed by atoms with Gasteiger partial charge in [0, 0.05) is 49.2 Å². The average Bonchev–Trinajstić information content (AvgIpc) is 3.65. The van der Waals surface area contributed by atoms with Crippen LogP contribution in [-0.4, -0.2) is 45.3 Å². The molecule has 2 aliphatic heterocycles. The first-order chi connectivity index (χ1) is 19.7. The van der Waals surface area contributed by atoms with E-state index in [1.807, 2.05) is 31.2 Å². The Kier molecular flexibility index (Phi) is 5.87. The lowest BCUT2D eigenvalue weighted by Crippen LogP contribution is -2.70. The lowest BCUT2D eigenvalue weighted by molar-refractivity contribution is -0.149. The zero-order chi connectivity index (χ0) is 28.4. The van der Waals surface area contributed by atoms with E-state index in [4.69, 9.17) is 4.98 Å². The summed E-state index contributed by atoms with van der Waals surface area (Å²) in [6, 6.07) is 9.33. The first-order valence-electron chi connectivity index (χ1n) is 14.2. The monoisotopic (exact) mass is 555 g/mol. The third kappa shape index (κ3) is 4.01. The van der Waals surface area contributed by atoms with Crippen LogP contribution in [0, 0.1) is 11.6 Å². The highest BCUT2D eigenvalue weighted by molar-refractivity contribution is 6.06. The molecule has 2 atom stereocenters. The second kappa shape index (κ2) is 9.27. The van der Waals surface area contributed by atoms with Crippen LogP contribution in [-0.2, 0) is 33.4 Å². The number of anilines is 1. The Balaban J connectivity index is 1.16. The third-order valence-corrected chi connectivity index (χ3v) is 9.59. The second-order valence-corrected chi connectivity index (χ2v) is 12.1. The number of pyridine rings is 2. The van der Waals surface area contributed by atoms with Crippen molar-refractivity contribution in [3.63, 3.8) is 0 Å². The Morgan fingerprint density at radius 3 is 2.61 bits per heavy atom. The van der Waals surface area contributed by atoms with Gasteiger partial charge in [-0.2, -0.15) is 0 Å². The SMILES string of the molecule is C[C@@]1(c2cc(F)cc(F)c2)CNC2(CCCC2)C(=O)N1C/C=C/c1cnc2c(c1)C[C@@]1(C2)C(=O)Nc2ncccc21. The largest absolute Gasteiger partial charge is 0.327 e. The van der Waals surface area contributed by atoms with Gasteiger partial charge in [-0.1, -0.05) is 31.1 Å². The molecule has 1 saturated carbocycles. The molecule has 0 unspecified atom stereocenters. The fourth-order valence-corrected chi connectivity index (χ4v) is 7.29. The van der Waals surface area contributed by atoms with E-state index < -0.39 is 28.1 Å². The van der Waals surface area contributed by atoms with Gasteiger partial charge in [-0.05, 0) is 67.1 Å². The lowest BCUT2D eigenvalue weighted by atomic mass is 9.80. The van der Waals surface area contributed by atoms with Gasteiger partial charge < -0.3 is 15.5 Å². The number of carbonyl (C=O) groups is 2. The minimum Gasteiger partial charge on any atom is -0.327 e. The molecule has 2 spiro atoms. The molecule has 4 heterocycles. The normalized spacial score (nSPS) is 26.3. The Morgan fingerprint density at radius 2 is 1.83 bits per heavy atom. The molecule has 0 bridgehead atoms. The van der Waals surface area contributed by atoms with Crippen molar-refractivity contribution in [3.8, 4) is 0 Å². The van der Waals surface area contributed by atoms with Gasteiger partial charge in [0.25, 0.3) is 0 Å². The van der Waals surface area contributed by atoms with Crippen molar-refractivity contribution < 1.29 is 18.4 Å². The molecule has 2 aliphatic carbocycles. The quantitative estimate of drug-likeness (QED) is 0.498. The summed E-state index contributed by atoms with van der Waals surface area (Å²) in [5, 5.41) is 6.39. The number of piperazine rings is 1. The molecule has 41 heavy (non-hydrogen) atoms. The van der Waals surface area contributed by atoms with Crippen molar-refractivity contribution in [1.82, 2.24) is 20.2 Å². The van der Waals surface area contributed by atoms with Crippen LogP contribution in [0.15, 0.2) is 54.9 Å². The Hall–Kier alpha value is -3.98. The number of benzene rings is 1. The molecule has 2 amide bonds. The fraction of sp³-hybridized carbons (Fsp3) is 0.375. The van der Waals surface area contributed by atoms with E-state index in [-0.39, 0.29) is 18.4 Å². The van der Waals surface area contributed by atoms with Crippen molar-refractivity contribution in [3.05, 3.63) is 94.5 Å². The van der Waals surface area contributed by atoms with Gasteiger partial charge in [0.2, 0.25) is 11.8 Å². The molecule has 3 aromatic rings. The molecule has 2 N–H and O–H groups in total. The summed E-state index contributed by atoms with van der Waals surface area (Å²) >= 11 is 0. The van der Waals surface area contributed by atoms with Crippen LogP contribution in [0.2, 0.25) is 0 Å². The zero-order valence-corrected chi connectivity index (χ0v) is 22.8. The van der Waals surface area contributed by atoms with Gasteiger partial charge in [-0.3, -0.25) is 14.6 Å². The molecule has 1 saturated heterocycles. The van der Waals surface area contributed by atoms with Crippen LogP contribution in [0.5, 0.6) is 0 Å². The summed E-state index contributed by atoms with van der Waals surface area (Å²) in [6.07, 6.45) is 11.8. The number of carbonyl (C=O) groups excluding carboxylic acids is 2. The van der Waals surface area contributed by atoms with Crippen LogP contribution in [0.4, 0.5) is 14.6 Å². The Labute approximate surface area is 237 Å². The second-order valence-electron chi connectivity index (χ2n) is 12.1. The van der Waals surface area contributed by atoms with Crippen molar-refractivity contribution in [2.45, 2.75) is 61.9 Å². The molecule has 7 rings (SSSR count). The molecule has 210 valence electrons. The molecular formula is C32H31F2N5O2. The van der Waals surface area contributed by atoms with E-state index in [0.717, 1.165) is 54.1 Å². The highest BCUT2D eigenvalue weighted by Crippen LogP contribution is 2.46. The number of fused-ring (bicyclic) bond motifs is 3. The van der Waals surface area contributed by atoms with E-state index >= 15 is 0 Å². The lowest BCUT2D eigenvalue weighted by Gasteiger charge is -2.51. The number of nitrogens with zero attached hydrogens (tertiary/aromatic N) is 3. The Bertz CT molecular complexity index is 1600. The molecule has 9 heteroatoms. The van der Waals surface area contributed by atoms with Crippen LogP contribution >= 0.6 is 0 Å². The molecular weight excluding hydrogens is 524 g/mol. The number of amides is 2. The summed E-state index contributed by atoms with van der Waals surface area (Å²) < 4.78 is 28.5. The summed E-state index contributed by atoms with van der Waals surface area (Å²) in [5.41, 5.74) is 1.86. The van der Waals surface area contributed by atoms with Crippen LogP contribution in [0.1, 0.15) is 60.6 Å². The molecule has 0 radical (unpaired) electrons. The van der Waals surface area contributed by atoms with Gasteiger partial charge >= 0.3 is 0 Å².